The van der Waals surface area contributed by atoms with Gasteiger partial charge in [-0.05, 0) is 25.7 Å². The molecule has 0 saturated heterocycles. The fourth-order valence-electron chi connectivity index (χ4n) is 2.84. The van der Waals surface area contributed by atoms with E-state index in [1.807, 2.05) is 13.8 Å². The summed E-state index contributed by atoms with van der Waals surface area (Å²) < 4.78 is 0. The molecule has 0 heterocycles. The van der Waals surface area contributed by atoms with Crippen LogP contribution in [0, 0.1) is 0 Å². The van der Waals surface area contributed by atoms with Gasteiger partial charge in [-0.1, -0.05) is 33.1 Å². The number of hydrogen-bond donors (Lipinski definition) is 3. The molecule has 5 heteroatoms. The first-order valence-corrected chi connectivity index (χ1v) is 7.82. The summed E-state index contributed by atoms with van der Waals surface area (Å²) in [7, 11) is 0. The predicted octanol–water partition coefficient (Wildman–Crippen LogP) is 2.06. The Morgan fingerprint density at radius 2 is 1.75 bits per heavy atom. The maximum atomic E-state index is 11.8. The third-order valence-electron chi connectivity index (χ3n) is 4.40. The summed E-state index contributed by atoms with van der Waals surface area (Å²) in [4.78, 5) is 23.2. The minimum Gasteiger partial charge on any atom is -0.480 e. The molecule has 0 radical (unpaired) electrons. The van der Waals surface area contributed by atoms with Gasteiger partial charge in [-0.25, -0.2) is 0 Å². The molecule has 0 atom stereocenters. The first-order valence-electron chi connectivity index (χ1n) is 7.82. The van der Waals surface area contributed by atoms with E-state index in [1.54, 1.807) is 0 Å². The highest BCUT2D eigenvalue weighted by Crippen LogP contribution is 2.17. The van der Waals surface area contributed by atoms with Crippen molar-refractivity contribution in [2.24, 2.45) is 0 Å². The summed E-state index contributed by atoms with van der Waals surface area (Å²) in [5.74, 6) is -0.814. The number of nitrogens with one attached hydrogen (secondary N) is 2. The van der Waals surface area contributed by atoms with Crippen LogP contribution in [0.5, 0.6) is 0 Å². The smallest absolute Gasteiger partial charge is 0.323 e. The SMILES string of the molecule is CCC(CC)(NCCC(=O)NC1CCCCC1)C(=O)O. The number of rotatable bonds is 8. The number of carbonyl (C=O) groups is 2. The molecule has 0 aromatic rings. The van der Waals surface area contributed by atoms with E-state index in [-0.39, 0.29) is 5.91 Å². The van der Waals surface area contributed by atoms with Gasteiger partial charge in [0.1, 0.15) is 5.54 Å². The standard InChI is InChI=1S/C15H28N2O3/c1-3-15(4-2,14(19)20)16-11-10-13(18)17-12-8-6-5-7-9-12/h12,16H,3-11H2,1-2H3,(H,17,18)(H,19,20). The third-order valence-corrected chi connectivity index (χ3v) is 4.40. The molecule has 5 nitrogen and oxygen atoms in total. The molecule has 1 aliphatic rings. The molecule has 0 aromatic carbocycles. The molecule has 0 aliphatic heterocycles. The van der Waals surface area contributed by atoms with Crippen LogP contribution in [0.25, 0.3) is 0 Å². The van der Waals surface area contributed by atoms with E-state index in [0.717, 1.165) is 12.8 Å². The van der Waals surface area contributed by atoms with E-state index in [2.05, 4.69) is 10.6 Å². The molecule has 1 saturated carbocycles. The Morgan fingerprint density at radius 1 is 1.15 bits per heavy atom. The topological polar surface area (TPSA) is 78.4 Å². The van der Waals surface area contributed by atoms with Gasteiger partial charge >= 0.3 is 5.97 Å². The molecule has 1 amide bonds. The number of aliphatic carboxylic acids is 1. The summed E-state index contributed by atoms with van der Waals surface area (Å²) in [6.45, 7) is 4.12. The van der Waals surface area contributed by atoms with Crippen molar-refractivity contribution >= 4 is 11.9 Å². The zero-order chi connectivity index (χ0) is 15.0. The number of amides is 1. The summed E-state index contributed by atoms with van der Waals surface area (Å²) in [6, 6.07) is 0.317. The van der Waals surface area contributed by atoms with Gasteiger partial charge < -0.3 is 15.7 Å². The van der Waals surface area contributed by atoms with Crippen LogP contribution >= 0.6 is 0 Å². The highest BCUT2D eigenvalue weighted by atomic mass is 16.4. The van der Waals surface area contributed by atoms with Crippen LogP contribution in [0.15, 0.2) is 0 Å². The Labute approximate surface area is 121 Å². The Bertz CT molecular complexity index is 321. The maximum Gasteiger partial charge on any atom is 0.323 e. The summed E-state index contributed by atoms with van der Waals surface area (Å²) >= 11 is 0. The van der Waals surface area contributed by atoms with E-state index in [4.69, 9.17) is 0 Å². The van der Waals surface area contributed by atoms with Crippen LogP contribution in [0.4, 0.5) is 0 Å². The van der Waals surface area contributed by atoms with Crippen molar-refractivity contribution in [1.82, 2.24) is 10.6 Å². The van der Waals surface area contributed by atoms with Gasteiger partial charge in [0, 0.05) is 19.0 Å². The van der Waals surface area contributed by atoms with Crippen LogP contribution in [0.3, 0.4) is 0 Å². The zero-order valence-corrected chi connectivity index (χ0v) is 12.7. The predicted molar refractivity (Wildman–Crippen MR) is 78.6 cm³/mol. The van der Waals surface area contributed by atoms with Gasteiger partial charge in [-0.2, -0.15) is 0 Å². The van der Waals surface area contributed by atoms with Gasteiger partial charge in [-0.3, -0.25) is 9.59 Å². The quantitative estimate of drug-likeness (QED) is 0.637. The fourth-order valence-corrected chi connectivity index (χ4v) is 2.84. The van der Waals surface area contributed by atoms with Crippen molar-refractivity contribution in [3.8, 4) is 0 Å². The highest BCUT2D eigenvalue weighted by molar-refractivity contribution is 5.79. The molecule has 116 valence electrons. The monoisotopic (exact) mass is 284 g/mol. The van der Waals surface area contributed by atoms with Crippen molar-refractivity contribution in [2.45, 2.75) is 76.8 Å². The molecule has 20 heavy (non-hydrogen) atoms. The van der Waals surface area contributed by atoms with Crippen molar-refractivity contribution in [3.05, 3.63) is 0 Å². The molecule has 0 spiro atoms. The second-order valence-electron chi connectivity index (χ2n) is 5.67. The van der Waals surface area contributed by atoms with E-state index >= 15 is 0 Å². The van der Waals surface area contributed by atoms with E-state index in [0.29, 0.717) is 31.8 Å². The number of carbonyl (C=O) groups excluding carboxylic acids is 1. The molecule has 1 aliphatic carbocycles. The van der Waals surface area contributed by atoms with Crippen LogP contribution in [0.1, 0.15) is 65.2 Å². The third kappa shape index (κ3) is 4.78. The van der Waals surface area contributed by atoms with Crippen molar-refractivity contribution < 1.29 is 14.7 Å². The summed E-state index contributed by atoms with van der Waals surface area (Å²) in [5, 5.41) is 15.4. The highest BCUT2D eigenvalue weighted by Gasteiger charge is 2.33. The first-order chi connectivity index (χ1) is 9.54. The largest absolute Gasteiger partial charge is 0.480 e. The fraction of sp³-hybridized carbons (Fsp3) is 0.867. The van der Waals surface area contributed by atoms with Crippen LogP contribution in [0.2, 0.25) is 0 Å². The van der Waals surface area contributed by atoms with E-state index in [1.165, 1.54) is 19.3 Å². The van der Waals surface area contributed by atoms with Crippen LogP contribution in [-0.4, -0.2) is 35.1 Å². The van der Waals surface area contributed by atoms with Gasteiger partial charge in [-0.15, -0.1) is 0 Å². The van der Waals surface area contributed by atoms with Gasteiger partial charge in [0.05, 0.1) is 0 Å². The molecule has 3 N–H and O–H groups in total. The summed E-state index contributed by atoms with van der Waals surface area (Å²) in [5.41, 5.74) is -0.898. The molecule has 1 rings (SSSR count). The van der Waals surface area contributed by atoms with Gasteiger partial charge in [0.15, 0.2) is 0 Å². The molecule has 0 unspecified atom stereocenters. The molecule has 1 fully saturated rings. The molecular weight excluding hydrogens is 256 g/mol. The summed E-state index contributed by atoms with van der Waals surface area (Å²) in [6.07, 6.45) is 7.16. The van der Waals surface area contributed by atoms with Crippen LogP contribution < -0.4 is 10.6 Å². The van der Waals surface area contributed by atoms with Gasteiger partial charge in [0.25, 0.3) is 0 Å². The second-order valence-corrected chi connectivity index (χ2v) is 5.67. The Morgan fingerprint density at radius 3 is 2.25 bits per heavy atom. The number of carboxylic acid groups (broad SMARTS) is 1. The Balaban J connectivity index is 2.31. The van der Waals surface area contributed by atoms with Gasteiger partial charge in [0.2, 0.25) is 5.91 Å². The lowest BCUT2D eigenvalue weighted by Gasteiger charge is -2.28. The maximum absolute atomic E-state index is 11.8. The van der Waals surface area contributed by atoms with Crippen molar-refractivity contribution in [3.63, 3.8) is 0 Å². The average molecular weight is 284 g/mol. The normalized spacial score (nSPS) is 16.9. The molecule has 0 bridgehead atoms. The van der Waals surface area contributed by atoms with E-state index < -0.39 is 11.5 Å². The Kier molecular flexibility index (Phi) is 6.99. The minimum absolute atomic E-state index is 0.0240. The van der Waals surface area contributed by atoms with E-state index in [9.17, 15) is 14.7 Å². The number of hydrogen-bond acceptors (Lipinski definition) is 3. The first kappa shape index (κ1) is 17.0. The van der Waals surface area contributed by atoms with Crippen molar-refractivity contribution in [1.29, 1.82) is 0 Å². The second kappa shape index (κ2) is 8.25. The zero-order valence-electron chi connectivity index (χ0n) is 12.7. The van der Waals surface area contributed by atoms with Crippen molar-refractivity contribution in [2.75, 3.05) is 6.54 Å². The average Bonchev–Trinajstić information content (AvgIpc) is 2.44. The Hall–Kier alpha value is -1.10. The number of carboxylic acids is 1. The minimum atomic E-state index is -0.898. The lowest BCUT2D eigenvalue weighted by Crippen LogP contribution is -2.52. The van der Waals surface area contributed by atoms with Crippen LogP contribution in [-0.2, 0) is 9.59 Å². The molecular formula is C15H28N2O3. The lowest BCUT2D eigenvalue weighted by atomic mass is 9.93. The lowest BCUT2D eigenvalue weighted by molar-refractivity contribution is -0.145. The molecule has 0 aromatic heterocycles.